The standard InChI is InChI=1S/C12H20N2O4S2/c1-5-12(2,3)14(4)20(17,18)11-9-7-6-8-10(11)19(13,15)16/h6-9H,5H2,1-4H3,(H2,13,15,16). The Kier molecular flexibility index (Phi) is 4.65. The van der Waals surface area contributed by atoms with Crippen molar-refractivity contribution < 1.29 is 16.8 Å². The Morgan fingerprint density at radius 3 is 1.95 bits per heavy atom. The lowest BCUT2D eigenvalue weighted by atomic mass is 10.0. The molecule has 0 amide bonds. The molecule has 1 aromatic rings. The van der Waals surface area contributed by atoms with Gasteiger partial charge in [-0.15, -0.1) is 0 Å². The minimum atomic E-state index is -4.11. The quantitative estimate of drug-likeness (QED) is 0.879. The predicted octanol–water partition coefficient (Wildman–Crippen LogP) is 1.14. The summed E-state index contributed by atoms with van der Waals surface area (Å²) in [5.74, 6) is 0. The summed E-state index contributed by atoms with van der Waals surface area (Å²) in [6.07, 6.45) is 0.584. The highest BCUT2D eigenvalue weighted by Crippen LogP contribution is 2.28. The third-order valence-electron chi connectivity index (χ3n) is 3.51. The van der Waals surface area contributed by atoms with Gasteiger partial charge in [-0.2, -0.15) is 4.31 Å². The van der Waals surface area contributed by atoms with Gasteiger partial charge in [-0.3, -0.25) is 0 Å². The van der Waals surface area contributed by atoms with Crippen LogP contribution in [0.25, 0.3) is 0 Å². The molecule has 20 heavy (non-hydrogen) atoms. The summed E-state index contributed by atoms with van der Waals surface area (Å²) in [6.45, 7) is 5.39. The van der Waals surface area contributed by atoms with E-state index in [1.165, 1.54) is 35.6 Å². The van der Waals surface area contributed by atoms with Crippen molar-refractivity contribution in [1.82, 2.24) is 4.31 Å². The first-order valence-electron chi connectivity index (χ1n) is 6.05. The number of benzene rings is 1. The Bertz CT molecular complexity index is 694. The fraction of sp³-hybridized carbons (Fsp3) is 0.500. The number of nitrogens with zero attached hydrogens (tertiary/aromatic N) is 1. The van der Waals surface area contributed by atoms with Crippen LogP contribution < -0.4 is 5.14 Å². The maximum Gasteiger partial charge on any atom is 0.244 e. The van der Waals surface area contributed by atoms with Crippen molar-refractivity contribution in [1.29, 1.82) is 0 Å². The predicted molar refractivity (Wildman–Crippen MR) is 77.1 cm³/mol. The van der Waals surface area contributed by atoms with Gasteiger partial charge in [0.25, 0.3) is 0 Å². The second kappa shape index (κ2) is 5.44. The smallest absolute Gasteiger partial charge is 0.225 e. The van der Waals surface area contributed by atoms with E-state index < -0.39 is 30.5 Å². The van der Waals surface area contributed by atoms with Gasteiger partial charge >= 0.3 is 0 Å². The minimum absolute atomic E-state index is 0.300. The highest BCUT2D eigenvalue weighted by Gasteiger charge is 2.35. The summed E-state index contributed by atoms with van der Waals surface area (Å²) in [6, 6.07) is 5.34. The molecule has 0 radical (unpaired) electrons. The number of hydrogen-bond donors (Lipinski definition) is 1. The van der Waals surface area contributed by atoms with Crippen LogP contribution in [0.2, 0.25) is 0 Å². The van der Waals surface area contributed by atoms with Gasteiger partial charge in [-0.25, -0.2) is 22.0 Å². The van der Waals surface area contributed by atoms with Crippen molar-refractivity contribution in [3.8, 4) is 0 Å². The monoisotopic (exact) mass is 320 g/mol. The van der Waals surface area contributed by atoms with Crippen molar-refractivity contribution in [2.45, 2.75) is 42.5 Å². The number of rotatable bonds is 5. The summed E-state index contributed by atoms with van der Waals surface area (Å²) in [7, 11) is -6.63. The second-order valence-electron chi connectivity index (χ2n) is 5.13. The van der Waals surface area contributed by atoms with E-state index >= 15 is 0 Å². The van der Waals surface area contributed by atoms with Gasteiger partial charge in [-0.1, -0.05) is 19.1 Å². The van der Waals surface area contributed by atoms with E-state index in [1.807, 2.05) is 6.92 Å². The molecule has 0 atom stereocenters. The first-order chi connectivity index (χ1) is 8.94. The summed E-state index contributed by atoms with van der Waals surface area (Å²) in [5, 5.41) is 5.09. The van der Waals surface area contributed by atoms with E-state index in [2.05, 4.69) is 0 Å². The molecule has 114 valence electrons. The van der Waals surface area contributed by atoms with Gasteiger partial charge in [0.15, 0.2) is 0 Å². The lowest BCUT2D eigenvalue weighted by Gasteiger charge is -2.34. The van der Waals surface area contributed by atoms with Crippen LogP contribution in [0, 0.1) is 0 Å². The molecule has 0 spiro atoms. The zero-order valence-electron chi connectivity index (χ0n) is 12.0. The molecule has 0 saturated carbocycles. The molecule has 0 saturated heterocycles. The average molecular weight is 320 g/mol. The maximum absolute atomic E-state index is 12.6. The second-order valence-corrected chi connectivity index (χ2v) is 8.60. The first kappa shape index (κ1) is 17.1. The molecular formula is C12H20N2O4S2. The van der Waals surface area contributed by atoms with Gasteiger partial charge in [0, 0.05) is 12.6 Å². The zero-order chi connectivity index (χ0) is 15.8. The molecule has 2 N–H and O–H groups in total. The van der Waals surface area contributed by atoms with Crippen molar-refractivity contribution >= 4 is 20.0 Å². The Labute approximate surface area is 120 Å². The normalized spacial score (nSPS) is 13.7. The van der Waals surface area contributed by atoms with Crippen LogP contribution in [-0.2, 0) is 20.0 Å². The van der Waals surface area contributed by atoms with E-state index in [0.29, 0.717) is 6.42 Å². The van der Waals surface area contributed by atoms with Crippen LogP contribution in [0.15, 0.2) is 34.1 Å². The number of sulfonamides is 2. The molecule has 8 heteroatoms. The van der Waals surface area contributed by atoms with Crippen LogP contribution >= 0.6 is 0 Å². The summed E-state index contributed by atoms with van der Waals surface area (Å²) in [5.41, 5.74) is -0.635. The zero-order valence-corrected chi connectivity index (χ0v) is 13.6. The Morgan fingerprint density at radius 2 is 1.55 bits per heavy atom. The fourth-order valence-corrected chi connectivity index (χ4v) is 4.52. The van der Waals surface area contributed by atoms with E-state index in [9.17, 15) is 16.8 Å². The first-order valence-corrected chi connectivity index (χ1v) is 9.04. The van der Waals surface area contributed by atoms with Gasteiger partial charge in [0.1, 0.15) is 9.79 Å². The summed E-state index contributed by atoms with van der Waals surface area (Å²) >= 11 is 0. The topological polar surface area (TPSA) is 97.5 Å². The largest absolute Gasteiger partial charge is 0.244 e. The van der Waals surface area contributed by atoms with Crippen LogP contribution in [0.4, 0.5) is 0 Å². The molecule has 0 unspecified atom stereocenters. The molecule has 0 aliphatic heterocycles. The molecule has 0 aliphatic rings. The molecule has 0 aliphatic carbocycles. The fourth-order valence-electron chi connectivity index (χ4n) is 1.59. The van der Waals surface area contributed by atoms with Crippen molar-refractivity contribution in [2.75, 3.05) is 7.05 Å². The van der Waals surface area contributed by atoms with Gasteiger partial charge in [0.2, 0.25) is 20.0 Å². The molecule has 0 bridgehead atoms. The van der Waals surface area contributed by atoms with E-state index in [0.717, 1.165) is 0 Å². The van der Waals surface area contributed by atoms with E-state index in [4.69, 9.17) is 5.14 Å². The lowest BCUT2D eigenvalue weighted by Crippen LogP contribution is -2.44. The number of hydrogen-bond acceptors (Lipinski definition) is 4. The molecule has 0 fully saturated rings. The Morgan fingerprint density at radius 1 is 1.10 bits per heavy atom. The number of nitrogens with two attached hydrogens (primary N) is 1. The van der Waals surface area contributed by atoms with Gasteiger partial charge in [-0.05, 0) is 32.4 Å². The molecule has 0 aromatic heterocycles. The van der Waals surface area contributed by atoms with Crippen molar-refractivity contribution in [3.63, 3.8) is 0 Å². The molecule has 6 nitrogen and oxygen atoms in total. The Balaban J connectivity index is 3.54. The van der Waals surface area contributed by atoms with Crippen LogP contribution in [-0.4, -0.2) is 33.7 Å². The average Bonchev–Trinajstić information content (AvgIpc) is 2.36. The van der Waals surface area contributed by atoms with Crippen LogP contribution in [0.5, 0.6) is 0 Å². The molecular weight excluding hydrogens is 300 g/mol. The van der Waals surface area contributed by atoms with Crippen molar-refractivity contribution in [3.05, 3.63) is 24.3 Å². The Hall–Kier alpha value is -0.960. The summed E-state index contributed by atoms with van der Waals surface area (Å²) in [4.78, 5) is -0.690. The van der Waals surface area contributed by atoms with Crippen LogP contribution in [0.3, 0.4) is 0 Å². The van der Waals surface area contributed by atoms with Crippen molar-refractivity contribution in [2.24, 2.45) is 5.14 Å². The van der Waals surface area contributed by atoms with Crippen LogP contribution in [0.1, 0.15) is 27.2 Å². The number of primary sulfonamides is 1. The van der Waals surface area contributed by atoms with E-state index in [-0.39, 0.29) is 4.90 Å². The third kappa shape index (κ3) is 3.20. The summed E-state index contributed by atoms with van der Waals surface area (Å²) < 4.78 is 49.5. The minimum Gasteiger partial charge on any atom is -0.225 e. The molecule has 0 heterocycles. The molecule has 1 aromatic carbocycles. The molecule has 1 rings (SSSR count). The van der Waals surface area contributed by atoms with Gasteiger partial charge < -0.3 is 0 Å². The highest BCUT2D eigenvalue weighted by atomic mass is 32.2. The lowest BCUT2D eigenvalue weighted by molar-refractivity contribution is 0.256. The third-order valence-corrected chi connectivity index (χ3v) is 6.74. The van der Waals surface area contributed by atoms with E-state index in [1.54, 1.807) is 13.8 Å². The van der Waals surface area contributed by atoms with Gasteiger partial charge in [0.05, 0.1) is 0 Å². The SMILES string of the molecule is CCC(C)(C)N(C)S(=O)(=O)c1ccccc1S(N)(=O)=O. The maximum atomic E-state index is 12.6. The highest BCUT2D eigenvalue weighted by molar-refractivity contribution is 7.92.